The van der Waals surface area contributed by atoms with Crippen LogP contribution in [0.25, 0.3) is 11.4 Å². The van der Waals surface area contributed by atoms with Gasteiger partial charge in [-0.3, -0.25) is 0 Å². The fourth-order valence-corrected chi connectivity index (χ4v) is 2.64. The van der Waals surface area contributed by atoms with E-state index in [4.69, 9.17) is 32.7 Å². The molecule has 6 nitrogen and oxygen atoms in total. The summed E-state index contributed by atoms with van der Waals surface area (Å²) in [4.78, 5) is 20.5. The fraction of sp³-hybridized carbons (Fsp3) is 0.316. The zero-order chi connectivity index (χ0) is 21.1. The number of hydrogen-bond donors (Lipinski definition) is 1. The zero-order valence-corrected chi connectivity index (χ0v) is 17.4. The van der Waals surface area contributed by atoms with Crippen LogP contribution in [0.4, 0.5) is 10.2 Å². The van der Waals surface area contributed by atoms with E-state index >= 15 is 0 Å². The maximum Gasteiger partial charge on any atom is 0.358 e. The quantitative estimate of drug-likeness (QED) is 0.494. The Bertz CT molecular complexity index is 920. The highest BCUT2D eigenvalue weighted by Gasteiger charge is 2.24. The smallest absolute Gasteiger partial charge is 0.358 e. The molecule has 0 spiro atoms. The van der Waals surface area contributed by atoms with Gasteiger partial charge in [-0.2, -0.15) is 0 Å². The predicted octanol–water partition coefficient (Wildman–Crippen LogP) is 5.01. The number of nitrogens with one attached hydrogen (secondary N) is 1. The first-order valence-corrected chi connectivity index (χ1v) is 8.96. The Morgan fingerprint density at radius 1 is 1.32 bits per heavy atom. The number of rotatable bonds is 7. The Morgan fingerprint density at radius 2 is 2.00 bits per heavy atom. The third-order valence-electron chi connectivity index (χ3n) is 3.99. The minimum atomic E-state index is -0.777. The lowest BCUT2D eigenvalue weighted by Gasteiger charge is -2.21. The molecule has 0 aliphatic heterocycles. The molecule has 0 radical (unpaired) electrons. The molecular weight excluding hydrogens is 408 g/mol. The van der Waals surface area contributed by atoms with Crippen molar-refractivity contribution in [3.8, 4) is 17.1 Å². The zero-order valence-electron chi connectivity index (χ0n) is 15.9. The van der Waals surface area contributed by atoms with Gasteiger partial charge in [-0.05, 0) is 17.5 Å². The number of hydrogen-bond acceptors (Lipinski definition) is 6. The van der Waals surface area contributed by atoms with Crippen molar-refractivity contribution in [3.05, 3.63) is 46.3 Å². The number of benzene rings is 1. The van der Waals surface area contributed by atoms with Crippen molar-refractivity contribution in [1.82, 2.24) is 9.97 Å². The molecule has 2 rings (SSSR count). The Labute approximate surface area is 172 Å². The van der Waals surface area contributed by atoms with Crippen molar-refractivity contribution in [2.45, 2.75) is 13.8 Å². The Morgan fingerprint density at radius 3 is 2.57 bits per heavy atom. The van der Waals surface area contributed by atoms with Crippen molar-refractivity contribution in [1.29, 1.82) is 0 Å². The number of ether oxygens (including phenoxy) is 2. The van der Waals surface area contributed by atoms with E-state index in [1.807, 2.05) is 13.8 Å². The first-order chi connectivity index (χ1) is 13.1. The molecule has 150 valence electrons. The van der Waals surface area contributed by atoms with Gasteiger partial charge in [0.25, 0.3) is 0 Å². The van der Waals surface area contributed by atoms with Crippen LogP contribution in [0.15, 0.2) is 24.8 Å². The van der Waals surface area contributed by atoms with E-state index in [0.717, 1.165) is 0 Å². The van der Waals surface area contributed by atoms with Crippen LogP contribution in [-0.2, 0) is 4.74 Å². The summed E-state index contributed by atoms with van der Waals surface area (Å²) in [6.45, 7) is 8.10. The van der Waals surface area contributed by atoms with Crippen LogP contribution in [0.3, 0.4) is 0 Å². The summed E-state index contributed by atoms with van der Waals surface area (Å²) >= 11 is 12.2. The van der Waals surface area contributed by atoms with Gasteiger partial charge in [0.1, 0.15) is 10.8 Å². The molecular formula is C19H20Cl2FN3O3. The van der Waals surface area contributed by atoms with Gasteiger partial charge in [-0.25, -0.2) is 19.2 Å². The van der Waals surface area contributed by atoms with Crippen LogP contribution in [0.5, 0.6) is 5.75 Å². The summed E-state index contributed by atoms with van der Waals surface area (Å²) in [5.74, 6) is -1.60. The molecule has 0 amide bonds. The van der Waals surface area contributed by atoms with Gasteiger partial charge in [0, 0.05) is 6.54 Å². The fourth-order valence-electron chi connectivity index (χ4n) is 2.19. The van der Waals surface area contributed by atoms with Crippen LogP contribution >= 0.6 is 23.2 Å². The topological polar surface area (TPSA) is 73.3 Å². The van der Waals surface area contributed by atoms with Crippen LogP contribution < -0.4 is 10.1 Å². The predicted molar refractivity (Wildman–Crippen MR) is 108 cm³/mol. The molecule has 1 aromatic carbocycles. The summed E-state index contributed by atoms with van der Waals surface area (Å²) in [6, 6.07) is 2.84. The van der Waals surface area contributed by atoms with Crippen molar-refractivity contribution in [2.24, 2.45) is 5.41 Å². The van der Waals surface area contributed by atoms with Gasteiger partial charge in [-0.15, -0.1) is 6.58 Å². The minimum absolute atomic E-state index is 0.00546. The van der Waals surface area contributed by atoms with Crippen LogP contribution in [0.1, 0.15) is 24.3 Å². The second-order valence-corrected chi connectivity index (χ2v) is 7.32. The SMILES string of the molecule is C=CC(C)(C)CNc1nc(-c2ccc(Cl)c(OC)c2F)nc(C(=O)OC)c1Cl. The molecule has 1 N–H and O–H groups in total. The summed E-state index contributed by atoms with van der Waals surface area (Å²) in [5, 5.41) is 3.11. The molecule has 9 heteroatoms. The first kappa shape index (κ1) is 21.9. The Balaban J connectivity index is 2.64. The normalized spacial score (nSPS) is 11.1. The lowest BCUT2D eigenvalue weighted by Crippen LogP contribution is -2.22. The third kappa shape index (κ3) is 4.54. The second kappa shape index (κ2) is 8.75. The van der Waals surface area contributed by atoms with Crippen molar-refractivity contribution >= 4 is 35.0 Å². The molecule has 0 saturated carbocycles. The van der Waals surface area contributed by atoms with E-state index in [0.29, 0.717) is 6.54 Å². The highest BCUT2D eigenvalue weighted by molar-refractivity contribution is 6.35. The average Bonchev–Trinajstić information content (AvgIpc) is 2.67. The number of aromatic nitrogens is 2. The van der Waals surface area contributed by atoms with E-state index in [2.05, 4.69) is 21.9 Å². The van der Waals surface area contributed by atoms with E-state index in [-0.39, 0.29) is 44.1 Å². The van der Waals surface area contributed by atoms with Gasteiger partial charge in [0.15, 0.2) is 23.1 Å². The van der Waals surface area contributed by atoms with Gasteiger partial charge in [0.2, 0.25) is 0 Å². The summed E-state index contributed by atoms with van der Waals surface area (Å²) < 4.78 is 24.5. The molecule has 28 heavy (non-hydrogen) atoms. The summed E-state index contributed by atoms with van der Waals surface area (Å²) in [6.07, 6.45) is 1.76. The lowest BCUT2D eigenvalue weighted by molar-refractivity contribution is 0.0594. The number of carbonyl (C=O) groups is 1. The summed E-state index contributed by atoms with van der Waals surface area (Å²) in [5.41, 5.74) is -0.482. The average molecular weight is 428 g/mol. The molecule has 0 unspecified atom stereocenters. The number of esters is 1. The number of carbonyl (C=O) groups excluding carboxylic acids is 1. The van der Waals surface area contributed by atoms with E-state index < -0.39 is 11.8 Å². The van der Waals surface area contributed by atoms with E-state index in [1.54, 1.807) is 6.08 Å². The standard InChI is InChI=1S/C19H20Cl2FN3O3/c1-6-19(2,3)9-23-17-12(21)14(18(26)28-5)24-16(25-17)10-7-8-11(20)15(27-4)13(10)22/h6-8H,1,9H2,2-5H3,(H,23,24,25). The number of halogens is 3. The molecule has 0 fully saturated rings. The van der Waals surface area contributed by atoms with Gasteiger partial charge >= 0.3 is 5.97 Å². The largest absolute Gasteiger partial charge is 0.492 e. The van der Waals surface area contributed by atoms with Crippen molar-refractivity contribution in [3.63, 3.8) is 0 Å². The van der Waals surface area contributed by atoms with Gasteiger partial charge in [-0.1, -0.05) is 43.1 Å². The molecule has 0 aliphatic carbocycles. The molecule has 0 saturated heterocycles. The number of anilines is 1. The summed E-state index contributed by atoms with van der Waals surface area (Å²) in [7, 11) is 2.49. The third-order valence-corrected chi connectivity index (χ3v) is 4.64. The minimum Gasteiger partial charge on any atom is -0.492 e. The highest BCUT2D eigenvalue weighted by Crippen LogP contribution is 2.35. The van der Waals surface area contributed by atoms with Gasteiger partial charge in [0.05, 0.1) is 24.8 Å². The maximum absolute atomic E-state index is 14.8. The van der Waals surface area contributed by atoms with Crippen molar-refractivity contribution in [2.75, 3.05) is 26.1 Å². The molecule has 1 aromatic heterocycles. The van der Waals surface area contributed by atoms with Gasteiger partial charge < -0.3 is 14.8 Å². The second-order valence-electron chi connectivity index (χ2n) is 6.54. The van der Waals surface area contributed by atoms with Crippen LogP contribution in [0, 0.1) is 11.2 Å². The molecule has 2 aromatic rings. The van der Waals surface area contributed by atoms with Crippen molar-refractivity contribution < 1.29 is 18.7 Å². The maximum atomic E-state index is 14.8. The number of nitrogens with zero attached hydrogens (tertiary/aromatic N) is 2. The highest BCUT2D eigenvalue weighted by atomic mass is 35.5. The number of methoxy groups -OCH3 is 2. The lowest BCUT2D eigenvalue weighted by atomic mass is 9.94. The Kier molecular flexibility index (Phi) is 6.85. The Hall–Kier alpha value is -2.38. The first-order valence-electron chi connectivity index (χ1n) is 8.20. The molecule has 0 bridgehead atoms. The monoisotopic (exact) mass is 427 g/mol. The molecule has 1 heterocycles. The molecule has 0 aliphatic rings. The van der Waals surface area contributed by atoms with Crippen LogP contribution in [-0.4, -0.2) is 36.7 Å². The molecule has 0 atom stereocenters. The van der Waals surface area contributed by atoms with Crippen LogP contribution in [0.2, 0.25) is 10.0 Å². The van der Waals surface area contributed by atoms with E-state index in [1.165, 1.54) is 26.4 Å². The van der Waals surface area contributed by atoms with E-state index in [9.17, 15) is 9.18 Å².